The molecular formula is C26H30N2O5. The molecule has 2 aliphatic rings. The first-order valence-corrected chi connectivity index (χ1v) is 11.4. The van der Waals surface area contributed by atoms with E-state index < -0.39 is 24.2 Å². The number of rotatable bonds is 8. The van der Waals surface area contributed by atoms with Crippen molar-refractivity contribution in [2.45, 2.75) is 50.5 Å². The molecule has 1 aliphatic heterocycles. The molecule has 2 amide bonds. The van der Waals surface area contributed by atoms with Gasteiger partial charge in [0.25, 0.3) is 0 Å². The third-order valence-corrected chi connectivity index (χ3v) is 6.22. The highest BCUT2D eigenvalue weighted by Gasteiger charge is 2.50. The lowest BCUT2D eigenvalue weighted by molar-refractivity contribution is -0.138. The van der Waals surface area contributed by atoms with E-state index >= 15 is 0 Å². The first kappa shape index (κ1) is 23.0. The Hall–Kier alpha value is -3.16. The fourth-order valence-corrected chi connectivity index (χ4v) is 4.69. The minimum absolute atomic E-state index is 0.0919. The third kappa shape index (κ3) is 4.65. The van der Waals surface area contributed by atoms with Gasteiger partial charge in [0.05, 0.1) is 18.6 Å². The number of nitrogens with one attached hydrogen (secondary N) is 1. The molecule has 2 aromatic rings. The highest BCUT2D eigenvalue weighted by atomic mass is 16.5. The van der Waals surface area contributed by atoms with Gasteiger partial charge in [-0.25, -0.2) is 0 Å². The van der Waals surface area contributed by atoms with E-state index in [1.807, 2.05) is 61.5 Å². The van der Waals surface area contributed by atoms with Gasteiger partial charge in [-0.2, -0.15) is 0 Å². The molecule has 0 fully saturated rings. The Morgan fingerprint density at radius 1 is 1.09 bits per heavy atom. The predicted molar refractivity (Wildman–Crippen MR) is 123 cm³/mol. The maximum absolute atomic E-state index is 13.2. The molecule has 4 atom stereocenters. The van der Waals surface area contributed by atoms with Crippen molar-refractivity contribution in [1.29, 1.82) is 0 Å². The van der Waals surface area contributed by atoms with Crippen LogP contribution in [-0.4, -0.2) is 58.3 Å². The number of fused-ring (bicyclic) bond motifs is 3. The summed E-state index contributed by atoms with van der Waals surface area (Å²) < 4.78 is 6.12. The Labute approximate surface area is 193 Å². The van der Waals surface area contributed by atoms with E-state index in [0.717, 1.165) is 11.1 Å². The molecule has 4 unspecified atom stereocenters. The molecule has 3 N–H and O–H groups in total. The summed E-state index contributed by atoms with van der Waals surface area (Å²) in [6.07, 6.45) is 1.02. The van der Waals surface area contributed by atoms with E-state index in [1.54, 1.807) is 11.0 Å². The third-order valence-electron chi connectivity index (χ3n) is 6.22. The molecule has 0 spiro atoms. The number of hydrogen-bond donors (Lipinski definition) is 3. The van der Waals surface area contributed by atoms with Crippen molar-refractivity contribution in [3.8, 4) is 5.75 Å². The van der Waals surface area contributed by atoms with Gasteiger partial charge in [-0.3, -0.25) is 9.59 Å². The van der Waals surface area contributed by atoms with Crippen LogP contribution < -0.4 is 10.1 Å². The van der Waals surface area contributed by atoms with Crippen LogP contribution in [0.1, 0.15) is 36.8 Å². The van der Waals surface area contributed by atoms with Crippen molar-refractivity contribution < 1.29 is 24.5 Å². The van der Waals surface area contributed by atoms with Crippen LogP contribution in [0.2, 0.25) is 0 Å². The predicted octanol–water partition coefficient (Wildman–Crippen LogP) is 2.14. The largest absolute Gasteiger partial charge is 0.486 e. The minimum atomic E-state index is -1.01. The molecule has 174 valence electrons. The normalized spacial score (nSPS) is 23.1. The average Bonchev–Trinajstić information content (AvgIpc) is 3.23. The van der Waals surface area contributed by atoms with Crippen molar-refractivity contribution in [3.63, 3.8) is 0 Å². The van der Waals surface area contributed by atoms with Gasteiger partial charge in [-0.05, 0) is 24.1 Å². The van der Waals surface area contributed by atoms with Gasteiger partial charge >= 0.3 is 0 Å². The van der Waals surface area contributed by atoms with E-state index in [9.17, 15) is 19.8 Å². The Morgan fingerprint density at radius 2 is 1.82 bits per heavy atom. The van der Waals surface area contributed by atoms with Gasteiger partial charge in [-0.15, -0.1) is 0 Å². The molecule has 0 saturated carbocycles. The van der Waals surface area contributed by atoms with Gasteiger partial charge in [0.15, 0.2) is 0 Å². The number of hydrogen-bond acceptors (Lipinski definition) is 5. The number of carbonyl (C=O) groups is 2. The van der Waals surface area contributed by atoms with E-state index in [0.29, 0.717) is 30.7 Å². The van der Waals surface area contributed by atoms with Crippen molar-refractivity contribution in [2.24, 2.45) is 0 Å². The van der Waals surface area contributed by atoms with Gasteiger partial charge in [0, 0.05) is 30.6 Å². The standard InChI is InChI=1S/C26H30N2O5/c1-2-8-22(30)28(16-17-9-4-3-5-10-17)20-15-19(26(32)27-13-14-29)23-18-11-6-7-12-21(18)33-25(23)24(20)31/h3-7,9-12,15,20,23-25,29,31H,2,8,13-14,16H2,1H3,(H,27,32). The number of para-hydroxylation sites is 1. The fourth-order valence-electron chi connectivity index (χ4n) is 4.69. The molecule has 1 heterocycles. The number of ether oxygens (including phenoxy) is 1. The minimum Gasteiger partial charge on any atom is -0.486 e. The van der Waals surface area contributed by atoms with Crippen LogP contribution in [-0.2, 0) is 16.1 Å². The van der Waals surface area contributed by atoms with Crippen LogP contribution in [0.4, 0.5) is 0 Å². The second kappa shape index (κ2) is 10.2. The Morgan fingerprint density at radius 3 is 2.55 bits per heavy atom. The van der Waals surface area contributed by atoms with Gasteiger partial charge in [0.2, 0.25) is 11.8 Å². The number of carbonyl (C=O) groups excluding carboxylic acids is 2. The topological polar surface area (TPSA) is 99.1 Å². The van der Waals surface area contributed by atoms with E-state index in [4.69, 9.17) is 4.74 Å². The first-order chi connectivity index (χ1) is 16.0. The smallest absolute Gasteiger partial charge is 0.247 e. The van der Waals surface area contributed by atoms with E-state index in [2.05, 4.69) is 5.32 Å². The molecule has 4 rings (SSSR count). The van der Waals surface area contributed by atoms with E-state index in [-0.39, 0.29) is 25.0 Å². The van der Waals surface area contributed by atoms with Crippen LogP contribution in [0, 0.1) is 0 Å². The number of amides is 2. The highest BCUT2D eigenvalue weighted by Crippen LogP contribution is 2.47. The van der Waals surface area contributed by atoms with Crippen LogP contribution in [0.25, 0.3) is 0 Å². The van der Waals surface area contributed by atoms with Crippen LogP contribution in [0.3, 0.4) is 0 Å². The maximum atomic E-state index is 13.2. The van der Waals surface area contributed by atoms with Gasteiger partial charge < -0.3 is 25.2 Å². The Balaban J connectivity index is 1.75. The molecule has 0 radical (unpaired) electrons. The first-order valence-electron chi connectivity index (χ1n) is 11.4. The zero-order valence-electron chi connectivity index (χ0n) is 18.7. The molecule has 33 heavy (non-hydrogen) atoms. The van der Waals surface area contributed by atoms with Crippen LogP contribution in [0.5, 0.6) is 5.75 Å². The SMILES string of the molecule is CCCC(=O)N(Cc1ccccc1)C1C=C(C(=O)NCCO)C2c3ccccc3OC2C1O. The molecule has 0 saturated heterocycles. The summed E-state index contributed by atoms with van der Waals surface area (Å²) in [4.78, 5) is 27.9. The molecular weight excluding hydrogens is 420 g/mol. The lowest BCUT2D eigenvalue weighted by atomic mass is 9.77. The number of nitrogens with zero attached hydrogens (tertiary/aromatic N) is 1. The summed E-state index contributed by atoms with van der Waals surface area (Å²) in [5, 5.41) is 23.3. The fraction of sp³-hybridized carbons (Fsp3) is 0.385. The van der Waals surface area contributed by atoms with Crippen molar-refractivity contribution in [2.75, 3.05) is 13.2 Å². The summed E-state index contributed by atoms with van der Waals surface area (Å²) in [5.74, 6) is -0.252. The van der Waals surface area contributed by atoms with Crippen molar-refractivity contribution >= 4 is 11.8 Å². The monoisotopic (exact) mass is 450 g/mol. The lowest BCUT2D eigenvalue weighted by Gasteiger charge is -2.40. The summed E-state index contributed by atoms with van der Waals surface area (Å²) in [7, 11) is 0. The second-order valence-corrected chi connectivity index (χ2v) is 8.44. The molecule has 7 nitrogen and oxygen atoms in total. The summed E-state index contributed by atoms with van der Waals surface area (Å²) in [5.41, 5.74) is 2.21. The van der Waals surface area contributed by atoms with Crippen molar-refractivity contribution in [1.82, 2.24) is 10.2 Å². The zero-order valence-corrected chi connectivity index (χ0v) is 18.7. The number of benzene rings is 2. The Bertz CT molecular complexity index is 1020. The summed E-state index contributed by atoms with van der Waals surface area (Å²) >= 11 is 0. The Kier molecular flexibility index (Phi) is 7.11. The number of aliphatic hydroxyl groups excluding tert-OH is 2. The lowest BCUT2D eigenvalue weighted by Crippen LogP contribution is -2.55. The summed E-state index contributed by atoms with van der Waals surface area (Å²) in [6, 6.07) is 16.3. The molecule has 1 aliphatic carbocycles. The van der Waals surface area contributed by atoms with Gasteiger partial charge in [0.1, 0.15) is 18.0 Å². The zero-order chi connectivity index (χ0) is 23.4. The maximum Gasteiger partial charge on any atom is 0.247 e. The number of aliphatic hydroxyl groups is 2. The molecule has 7 heteroatoms. The highest BCUT2D eigenvalue weighted by molar-refractivity contribution is 5.96. The molecule has 2 aromatic carbocycles. The van der Waals surface area contributed by atoms with Crippen molar-refractivity contribution in [3.05, 3.63) is 77.4 Å². The second-order valence-electron chi connectivity index (χ2n) is 8.44. The summed E-state index contributed by atoms with van der Waals surface area (Å²) in [6.45, 7) is 2.19. The quantitative estimate of drug-likeness (QED) is 0.572. The molecule has 0 bridgehead atoms. The van der Waals surface area contributed by atoms with Gasteiger partial charge in [-0.1, -0.05) is 55.5 Å². The van der Waals surface area contributed by atoms with E-state index in [1.165, 1.54) is 0 Å². The van der Waals surface area contributed by atoms with Crippen LogP contribution >= 0.6 is 0 Å². The average molecular weight is 451 g/mol. The van der Waals surface area contributed by atoms with Crippen LogP contribution in [0.15, 0.2) is 66.2 Å². The molecule has 0 aromatic heterocycles.